The van der Waals surface area contributed by atoms with E-state index in [0.29, 0.717) is 5.88 Å². The predicted molar refractivity (Wildman–Crippen MR) is 68.8 cm³/mol. The third kappa shape index (κ3) is 2.93. The molecule has 1 N–H and O–H groups in total. The average molecular weight is 254 g/mol. The number of rotatable bonds is 4. The third-order valence-corrected chi connectivity index (χ3v) is 3.06. The van der Waals surface area contributed by atoms with Crippen molar-refractivity contribution in [2.75, 3.05) is 11.2 Å². The fraction of sp³-hybridized carbons (Fsp3) is 0.273. The Labute approximate surface area is 103 Å². The van der Waals surface area contributed by atoms with Crippen LogP contribution in [0, 0.1) is 6.92 Å². The molecule has 0 atom stereocenters. The normalized spacial score (nSPS) is 10.4. The number of nitrogens with one attached hydrogen (secondary N) is 1. The average Bonchev–Trinajstić information content (AvgIpc) is 2.67. The molecule has 16 heavy (non-hydrogen) atoms. The van der Waals surface area contributed by atoms with Gasteiger partial charge >= 0.3 is 0 Å². The summed E-state index contributed by atoms with van der Waals surface area (Å²) in [6.45, 7) is 1.94. The van der Waals surface area contributed by atoms with Crippen LogP contribution in [0.1, 0.15) is 10.6 Å². The van der Waals surface area contributed by atoms with Gasteiger partial charge in [-0.05, 0) is 31.0 Å². The van der Waals surface area contributed by atoms with Gasteiger partial charge in [0, 0.05) is 11.6 Å². The van der Waals surface area contributed by atoms with Crippen molar-refractivity contribution in [2.45, 2.75) is 13.3 Å². The van der Waals surface area contributed by atoms with Gasteiger partial charge in [-0.15, -0.1) is 21.8 Å². The first-order valence-corrected chi connectivity index (χ1v) is 6.35. The van der Waals surface area contributed by atoms with Gasteiger partial charge in [0.15, 0.2) is 0 Å². The van der Waals surface area contributed by atoms with Crippen LogP contribution in [0.5, 0.6) is 0 Å². The Hall–Kier alpha value is -1.13. The van der Waals surface area contributed by atoms with E-state index in [9.17, 15) is 0 Å². The zero-order valence-corrected chi connectivity index (χ0v) is 10.5. The fourth-order valence-corrected chi connectivity index (χ4v) is 2.16. The molecule has 84 valence electrons. The Morgan fingerprint density at radius 2 is 2.00 bits per heavy atom. The number of benzene rings is 1. The van der Waals surface area contributed by atoms with Gasteiger partial charge < -0.3 is 5.32 Å². The van der Waals surface area contributed by atoms with Crippen molar-refractivity contribution in [1.82, 2.24) is 10.2 Å². The summed E-state index contributed by atoms with van der Waals surface area (Å²) in [5.41, 5.74) is 2.27. The number of hydrogen-bond donors (Lipinski definition) is 1. The van der Waals surface area contributed by atoms with E-state index in [2.05, 4.69) is 27.6 Å². The standard InChI is InChI=1S/C11H12ClN3S/c1-8-14-15-11(16-8)13-10-4-2-9(3-5-10)6-7-12/h2-5H,6-7H2,1H3,(H,13,15). The lowest BCUT2D eigenvalue weighted by atomic mass is 10.1. The first-order valence-electron chi connectivity index (χ1n) is 5.00. The summed E-state index contributed by atoms with van der Waals surface area (Å²) in [5.74, 6) is 0.655. The van der Waals surface area contributed by atoms with Gasteiger partial charge in [-0.3, -0.25) is 0 Å². The van der Waals surface area contributed by atoms with Gasteiger partial charge in [-0.1, -0.05) is 23.5 Å². The molecule has 1 aromatic carbocycles. The number of anilines is 2. The summed E-state index contributed by atoms with van der Waals surface area (Å²) >= 11 is 7.22. The monoisotopic (exact) mass is 253 g/mol. The minimum atomic E-state index is 0.655. The van der Waals surface area contributed by atoms with Crippen LogP contribution in [0.25, 0.3) is 0 Å². The number of hydrogen-bond acceptors (Lipinski definition) is 4. The molecular formula is C11H12ClN3S. The number of aromatic nitrogens is 2. The second-order valence-corrected chi connectivity index (χ2v) is 4.95. The maximum Gasteiger partial charge on any atom is 0.210 e. The van der Waals surface area contributed by atoms with Crippen molar-refractivity contribution >= 4 is 33.8 Å². The zero-order valence-electron chi connectivity index (χ0n) is 8.90. The highest BCUT2D eigenvalue weighted by molar-refractivity contribution is 7.15. The second-order valence-electron chi connectivity index (χ2n) is 3.39. The van der Waals surface area contributed by atoms with Crippen molar-refractivity contribution in [2.24, 2.45) is 0 Å². The van der Waals surface area contributed by atoms with E-state index in [-0.39, 0.29) is 0 Å². The lowest BCUT2D eigenvalue weighted by Crippen LogP contribution is -1.91. The van der Waals surface area contributed by atoms with Crippen molar-refractivity contribution in [3.05, 3.63) is 34.8 Å². The van der Waals surface area contributed by atoms with E-state index < -0.39 is 0 Å². The lowest BCUT2D eigenvalue weighted by Gasteiger charge is -2.03. The molecule has 3 nitrogen and oxygen atoms in total. The van der Waals surface area contributed by atoms with Crippen LogP contribution in [0.3, 0.4) is 0 Å². The molecule has 0 saturated carbocycles. The predicted octanol–water partition coefficient (Wildman–Crippen LogP) is 3.37. The summed E-state index contributed by atoms with van der Waals surface area (Å²) in [5, 5.41) is 12.9. The Morgan fingerprint density at radius 3 is 2.56 bits per heavy atom. The van der Waals surface area contributed by atoms with E-state index in [1.54, 1.807) is 11.3 Å². The molecular weight excluding hydrogens is 242 g/mol. The maximum absolute atomic E-state index is 5.68. The quantitative estimate of drug-likeness (QED) is 0.849. The fourth-order valence-electron chi connectivity index (χ4n) is 1.33. The first-order chi connectivity index (χ1) is 7.78. The van der Waals surface area contributed by atoms with Gasteiger partial charge in [0.25, 0.3) is 0 Å². The summed E-state index contributed by atoms with van der Waals surface area (Å²) in [6.07, 6.45) is 0.903. The Kier molecular flexibility index (Phi) is 3.74. The number of aryl methyl sites for hydroxylation is 2. The molecule has 0 fully saturated rings. The molecule has 0 amide bonds. The molecule has 5 heteroatoms. The van der Waals surface area contributed by atoms with E-state index in [1.807, 2.05) is 19.1 Å². The molecule has 2 aromatic rings. The third-order valence-electron chi connectivity index (χ3n) is 2.11. The minimum absolute atomic E-state index is 0.655. The molecule has 0 aliphatic heterocycles. The molecule has 0 saturated heterocycles. The SMILES string of the molecule is Cc1nnc(Nc2ccc(CCCl)cc2)s1. The van der Waals surface area contributed by atoms with Crippen molar-refractivity contribution < 1.29 is 0 Å². The van der Waals surface area contributed by atoms with Gasteiger partial charge in [-0.2, -0.15) is 0 Å². The Morgan fingerprint density at radius 1 is 1.25 bits per heavy atom. The van der Waals surface area contributed by atoms with Crippen LogP contribution in [-0.2, 0) is 6.42 Å². The van der Waals surface area contributed by atoms with Gasteiger partial charge in [0.2, 0.25) is 5.13 Å². The van der Waals surface area contributed by atoms with Crippen LogP contribution in [0.15, 0.2) is 24.3 Å². The highest BCUT2D eigenvalue weighted by Crippen LogP contribution is 2.20. The van der Waals surface area contributed by atoms with E-state index >= 15 is 0 Å². The van der Waals surface area contributed by atoms with E-state index in [0.717, 1.165) is 22.2 Å². The number of nitrogens with zero attached hydrogens (tertiary/aromatic N) is 2. The number of halogens is 1. The van der Waals surface area contributed by atoms with E-state index in [1.165, 1.54) is 5.56 Å². The molecule has 0 spiro atoms. The van der Waals surface area contributed by atoms with Crippen molar-refractivity contribution in [1.29, 1.82) is 0 Å². The largest absolute Gasteiger partial charge is 0.330 e. The highest BCUT2D eigenvalue weighted by Gasteiger charge is 2.00. The Balaban J connectivity index is 2.05. The van der Waals surface area contributed by atoms with Crippen LogP contribution >= 0.6 is 22.9 Å². The van der Waals surface area contributed by atoms with Crippen LogP contribution in [0.4, 0.5) is 10.8 Å². The second kappa shape index (κ2) is 5.27. The van der Waals surface area contributed by atoms with Crippen LogP contribution in [0.2, 0.25) is 0 Å². The highest BCUT2D eigenvalue weighted by atomic mass is 35.5. The summed E-state index contributed by atoms with van der Waals surface area (Å²) in [7, 11) is 0. The van der Waals surface area contributed by atoms with Crippen molar-refractivity contribution in [3.63, 3.8) is 0 Å². The smallest absolute Gasteiger partial charge is 0.210 e. The Bertz CT molecular complexity index is 453. The molecule has 0 radical (unpaired) electrons. The van der Waals surface area contributed by atoms with Gasteiger partial charge in [-0.25, -0.2) is 0 Å². The minimum Gasteiger partial charge on any atom is -0.330 e. The lowest BCUT2D eigenvalue weighted by molar-refractivity contribution is 1.05. The molecule has 1 heterocycles. The van der Waals surface area contributed by atoms with Crippen molar-refractivity contribution in [3.8, 4) is 0 Å². The summed E-state index contributed by atoms with van der Waals surface area (Å²) in [6, 6.07) is 8.19. The van der Waals surface area contributed by atoms with Crippen LogP contribution in [-0.4, -0.2) is 16.1 Å². The molecule has 0 unspecified atom stereocenters. The molecule has 0 bridgehead atoms. The van der Waals surface area contributed by atoms with Gasteiger partial charge in [0.1, 0.15) is 5.01 Å². The summed E-state index contributed by atoms with van der Waals surface area (Å²) < 4.78 is 0. The molecule has 0 aliphatic carbocycles. The summed E-state index contributed by atoms with van der Waals surface area (Å²) in [4.78, 5) is 0. The van der Waals surface area contributed by atoms with Gasteiger partial charge in [0.05, 0.1) is 0 Å². The first kappa shape index (κ1) is 11.4. The maximum atomic E-state index is 5.68. The molecule has 2 rings (SSSR count). The molecule has 1 aromatic heterocycles. The van der Waals surface area contributed by atoms with Crippen LogP contribution < -0.4 is 5.32 Å². The topological polar surface area (TPSA) is 37.8 Å². The molecule has 0 aliphatic rings. The zero-order chi connectivity index (χ0) is 11.4. The number of alkyl halides is 1. The van der Waals surface area contributed by atoms with E-state index in [4.69, 9.17) is 11.6 Å².